The predicted octanol–water partition coefficient (Wildman–Crippen LogP) is 1.43. The van der Waals surface area contributed by atoms with Crippen molar-refractivity contribution >= 4 is 20.0 Å². The van der Waals surface area contributed by atoms with Gasteiger partial charge in [0.15, 0.2) is 20.0 Å². The molecule has 0 aliphatic carbocycles. The van der Waals surface area contributed by atoms with Gasteiger partial charge in [0.1, 0.15) is 0 Å². The molecule has 0 atom stereocenters. The summed E-state index contributed by atoms with van der Waals surface area (Å²) in [7, 11) is -13.4. The van der Waals surface area contributed by atoms with Gasteiger partial charge >= 0.3 is 11.0 Å². The van der Waals surface area contributed by atoms with Gasteiger partial charge in [0.05, 0.1) is 13.1 Å². The Morgan fingerprint density at radius 2 is 1.05 bits per heavy atom. The highest BCUT2D eigenvalue weighted by Crippen LogP contribution is 2.36. The number of halogens is 6. The van der Waals surface area contributed by atoms with E-state index in [0.717, 1.165) is 4.13 Å². The van der Waals surface area contributed by atoms with E-state index in [1.165, 1.54) is 25.9 Å². The Hall–Kier alpha value is -0.600. The summed E-state index contributed by atoms with van der Waals surface area (Å²) in [5.41, 5.74) is -12.4. The highest BCUT2D eigenvalue weighted by molar-refractivity contribution is 8.13. The van der Waals surface area contributed by atoms with Gasteiger partial charge in [-0.15, -0.1) is 0 Å². The maximum absolute atomic E-state index is 11.4. The van der Waals surface area contributed by atoms with Crippen LogP contribution in [0.4, 0.5) is 26.3 Å². The molecule has 0 aromatic carbocycles. The Morgan fingerprint density at radius 3 is 1.23 bits per heavy atom. The summed E-state index contributed by atoms with van der Waals surface area (Å²) in [4.78, 5) is 0. The molecule has 0 aromatic heterocycles. The lowest BCUT2D eigenvalue weighted by atomic mass is 10.4. The van der Waals surface area contributed by atoms with Crippen molar-refractivity contribution in [3.63, 3.8) is 0 Å². The van der Waals surface area contributed by atoms with E-state index in [1.54, 1.807) is 0 Å². The van der Waals surface area contributed by atoms with E-state index in [0.29, 0.717) is 0 Å². The zero-order chi connectivity index (χ0) is 18.2. The van der Waals surface area contributed by atoms with Gasteiger partial charge in [0.25, 0.3) is 0 Å². The maximum atomic E-state index is 11.4. The molecule has 0 heterocycles. The van der Waals surface area contributed by atoms with Crippen molar-refractivity contribution in [2.75, 3.05) is 13.1 Å². The largest absolute Gasteiger partial charge is 0.480 e. The van der Waals surface area contributed by atoms with Crippen molar-refractivity contribution in [1.82, 2.24) is 0 Å². The zero-order valence-electron chi connectivity index (χ0n) is 11.6. The fourth-order valence-corrected chi connectivity index (χ4v) is 2.48. The monoisotopic (exact) mass is 382 g/mol. The van der Waals surface area contributed by atoms with Crippen LogP contribution in [0, 0.1) is 0 Å². The molecule has 0 amide bonds. The number of hydrogen-bond donors (Lipinski definition) is 1. The number of nitrogens with zero attached hydrogens (tertiary/aromatic N) is 1. The van der Waals surface area contributed by atoms with Crippen molar-refractivity contribution in [3.8, 4) is 0 Å². The Kier molecular flexibility index (Phi) is 9.55. The number of nitrogens with two attached hydrogens (primary N) is 1. The highest BCUT2D eigenvalue weighted by atomic mass is 32.3. The van der Waals surface area contributed by atoms with Crippen molar-refractivity contribution in [1.29, 1.82) is 0 Å². The molecule has 0 fully saturated rings. The van der Waals surface area contributed by atoms with Gasteiger partial charge in [0.2, 0.25) is 0 Å². The molecule has 14 heteroatoms. The lowest BCUT2D eigenvalue weighted by Crippen LogP contribution is -2.84. The third kappa shape index (κ3) is 8.75. The number of alkyl halides is 6. The van der Waals surface area contributed by atoms with E-state index >= 15 is 0 Å². The first kappa shape index (κ1) is 23.7. The Bertz CT molecular complexity index is 466. The number of hydrogen-bond acceptors (Lipinski definition) is 4. The van der Waals surface area contributed by atoms with Crippen LogP contribution in [0.2, 0.25) is 0 Å². The third-order valence-corrected chi connectivity index (χ3v) is 4.51. The van der Waals surface area contributed by atoms with Crippen LogP contribution in [-0.4, -0.2) is 40.9 Å². The molecule has 22 heavy (non-hydrogen) atoms. The van der Waals surface area contributed by atoms with Crippen LogP contribution in [0.5, 0.6) is 0 Å². The van der Waals surface area contributed by atoms with Crippen LogP contribution >= 0.6 is 0 Å². The van der Waals surface area contributed by atoms with Gasteiger partial charge in [-0.3, -0.25) is 0 Å². The van der Waals surface area contributed by atoms with Gasteiger partial charge in [0, 0.05) is 0 Å². The molecule has 0 unspecified atom stereocenters. The molecular formula is C8H16F6N2O4S2. The first-order valence-electron chi connectivity index (χ1n) is 5.80. The van der Waals surface area contributed by atoms with Gasteiger partial charge < -0.3 is 9.44 Å². The van der Waals surface area contributed by atoms with Gasteiger partial charge in [-0.05, 0) is 12.8 Å². The summed E-state index contributed by atoms with van der Waals surface area (Å²) in [5, 5.41) is 2.36. The Balaban J connectivity index is 0. The summed E-state index contributed by atoms with van der Waals surface area (Å²) in [6.45, 7) is 7.03. The fourth-order valence-electron chi connectivity index (χ4n) is 0.766. The lowest BCUT2D eigenvalue weighted by Gasteiger charge is -2.22. The Labute approximate surface area is 124 Å². The highest BCUT2D eigenvalue weighted by Gasteiger charge is 2.46. The van der Waals surface area contributed by atoms with Crippen molar-refractivity contribution in [3.05, 3.63) is 4.13 Å². The second-order valence-electron chi connectivity index (χ2n) is 3.78. The average molecular weight is 382 g/mol. The predicted molar refractivity (Wildman–Crippen MR) is 65.6 cm³/mol. The van der Waals surface area contributed by atoms with E-state index in [1.807, 2.05) is 0 Å². The summed E-state index contributed by atoms with van der Waals surface area (Å²) < 4.78 is 109. The third-order valence-electron chi connectivity index (χ3n) is 1.77. The molecule has 0 aliphatic rings. The van der Waals surface area contributed by atoms with Crippen molar-refractivity contribution in [2.24, 2.45) is 0 Å². The number of quaternary nitrogens is 1. The second-order valence-corrected chi connectivity index (χ2v) is 7.20. The van der Waals surface area contributed by atoms with E-state index in [4.69, 9.17) is 0 Å². The fraction of sp³-hybridized carbons (Fsp3) is 1.00. The number of rotatable bonds is 6. The first-order valence-corrected chi connectivity index (χ1v) is 8.68. The van der Waals surface area contributed by atoms with Gasteiger partial charge in [-0.2, -0.15) is 26.3 Å². The van der Waals surface area contributed by atoms with Crippen LogP contribution in [0.1, 0.15) is 26.7 Å². The minimum Gasteiger partial charge on any atom is -0.421 e. The maximum Gasteiger partial charge on any atom is 0.480 e. The number of sulfonamides is 2. The van der Waals surface area contributed by atoms with Crippen LogP contribution in [0.25, 0.3) is 4.13 Å². The molecule has 2 N–H and O–H groups in total. The average Bonchev–Trinajstić information content (AvgIpc) is 2.26. The van der Waals surface area contributed by atoms with E-state index in [2.05, 4.69) is 19.2 Å². The summed E-state index contributed by atoms with van der Waals surface area (Å²) in [5.74, 6) is 0. The van der Waals surface area contributed by atoms with Gasteiger partial charge in [-0.1, -0.05) is 13.8 Å². The second kappa shape index (κ2) is 8.88. The molecule has 0 aromatic rings. The minimum atomic E-state index is -6.72. The van der Waals surface area contributed by atoms with Crippen molar-refractivity contribution < 1.29 is 48.5 Å². The van der Waals surface area contributed by atoms with E-state index in [-0.39, 0.29) is 0 Å². The quantitative estimate of drug-likeness (QED) is 0.555. The SMILES string of the molecule is CCC[NH2+]CCC.O=S(=O)([N-]S(=O)(=O)C(F)(F)F)C(F)(F)F. The summed E-state index contributed by atoms with van der Waals surface area (Å²) in [6.07, 6.45) is 2.61. The van der Waals surface area contributed by atoms with E-state index in [9.17, 15) is 43.2 Å². The molecule has 6 nitrogen and oxygen atoms in total. The molecule has 0 saturated carbocycles. The normalized spacial score (nSPS) is 13.5. The smallest absolute Gasteiger partial charge is 0.421 e. The molecule has 0 radical (unpaired) electrons. The molecule has 136 valence electrons. The Morgan fingerprint density at radius 1 is 0.773 bits per heavy atom. The molecule has 0 spiro atoms. The van der Waals surface area contributed by atoms with Gasteiger partial charge in [-0.25, -0.2) is 16.8 Å². The molecule has 0 saturated heterocycles. The lowest BCUT2D eigenvalue weighted by molar-refractivity contribution is -0.654. The van der Waals surface area contributed by atoms with Crippen LogP contribution in [0.3, 0.4) is 0 Å². The molecule has 0 rings (SSSR count). The topological polar surface area (TPSA) is 99.0 Å². The molecule has 0 bridgehead atoms. The van der Waals surface area contributed by atoms with Crippen molar-refractivity contribution in [2.45, 2.75) is 37.7 Å². The molecule has 0 aliphatic heterocycles. The van der Waals surface area contributed by atoms with E-state index < -0.39 is 31.1 Å². The summed E-state index contributed by atoms with van der Waals surface area (Å²) >= 11 is 0. The zero-order valence-corrected chi connectivity index (χ0v) is 13.2. The minimum absolute atomic E-state index is 0.778. The van der Waals surface area contributed by atoms with Crippen LogP contribution in [0.15, 0.2) is 0 Å². The standard InChI is InChI=1S/C6H15N.C2F6NO4S2/c1-3-5-7-6-4-2;3-1(4,5)14(10,11)9-15(12,13)2(6,7)8/h7H,3-6H2,1-2H3;/q;-1/p+1. The first-order chi connectivity index (χ1) is 9.62. The molecular weight excluding hydrogens is 366 g/mol. The van der Waals surface area contributed by atoms with Crippen LogP contribution in [-0.2, 0) is 20.0 Å². The summed E-state index contributed by atoms with van der Waals surface area (Å²) in [6, 6.07) is 0. The van der Waals surface area contributed by atoms with Crippen LogP contribution < -0.4 is 5.32 Å².